The van der Waals surface area contributed by atoms with E-state index in [0.717, 1.165) is 24.2 Å². The molecule has 1 fully saturated rings. The average molecular weight is 471 g/mol. The summed E-state index contributed by atoms with van der Waals surface area (Å²) in [6.45, 7) is 9.75. The van der Waals surface area contributed by atoms with Gasteiger partial charge in [0.15, 0.2) is 9.84 Å². The van der Waals surface area contributed by atoms with Gasteiger partial charge in [0.2, 0.25) is 0 Å². The van der Waals surface area contributed by atoms with E-state index in [2.05, 4.69) is 31.1 Å². The number of carbonyl (C=O) groups excluding carboxylic acids is 1. The van der Waals surface area contributed by atoms with E-state index in [9.17, 15) is 13.2 Å². The molecule has 1 amide bonds. The first-order valence-electron chi connectivity index (χ1n) is 10.9. The molecule has 0 spiro atoms. The number of hydrogen-bond donors (Lipinski definition) is 1. The number of rotatable bonds is 7. The lowest BCUT2D eigenvalue weighted by Crippen LogP contribution is -2.51. The lowest BCUT2D eigenvalue weighted by atomic mass is 9.81. The van der Waals surface area contributed by atoms with Crippen molar-refractivity contribution >= 4 is 27.7 Å². The number of thioether (sulfide) groups is 1. The van der Waals surface area contributed by atoms with Crippen LogP contribution in [0.2, 0.25) is 0 Å². The van der Waals surface area contributed by atoms with E-state index in [0.29, 0.717) is 10.9 Å². The third-order valence-corrected chi connectivity index (χ3v) is 8.50. The minimum atomic E-state index is -3.48. The Balaban J connectivity index is 2.22. The molecule has 0 radical (unpaired) electrons. The van der Waals surface area contributed by atoms with Crippen LogP contribution in [0.5, 0.6) is 0 Å². The number of nitrogens with one attached hydrogen (secondary N) is 1. The van der Waals surface area contributed by atoms with Gasteiger partial charge < -0.3 is 15.0 Å². The zero-order valence-corrected chi connectivity index (χ0v) is 21.5. The maximum atomic E-state index is 13.2. The maximum Gasteiger partial charge on any atom is 0.407 e. The third kappa shape index (κ3) is 7.68. The number of sulfone groups is 1. The van der Waals surface area contributed by atoms with Crippen LogP contribution in [0.4, 0.5) is 4.79 Å². The number of alkyl carbamates (subject to hydrolysis) is 1. The van der Waals surface area contributed by atoms with Crippen LogP contribution in [0.1, 0.15) is 53.9 Å². The Kier molecular flexibility index (Phi) is 8.87. The van der Waals surface area contributed by atoms with Gasteiger partial charge in [0.25, 0.3) is 0 Å². The van der Waals surface area contributed by atoms with Gasteiger partial charge in [-0.2, -0.15) is 0 Å². The normalized spacial score (nSPS) is 22.5. The van der Waals surface area contributed by atoms with Crippen LogP contribution in [-0.2, 0) is 14.6 Å². The molecule has 0 aliphatic heterocycles. The summed E-state index contributed by atoms with van der Waals surface area (Å²) in [5, 5.41) is 2.96. The molecule has 1 aromatic rings. The average Bonchev–Trinajstić information content (AvgIpc) is 2.67. The van der Waals surface area contributed by atoms with E-state index >= 15 is 0 Å². The van der Waals surface area contributed by atoms with Gasteiger partial charge in [-0.1, -0.05) is 0 Å². The van der Waals surface area contributed by atoms with Gasteiger partial charge in [-0.15, -0.1) is 11.8 Å². The van der Waals surface area contributed by atoms with Crippen molar-refractivity contribution in [2.45, 2.75) is 87.4 Å². The lowest BCUT2D eigenvalue weighted by Gasteiger charge is -2.41. The van der Waals surface area contributed by atoms with Gasteiger partial charge in [-0.05, 0) is 97.4 Å². The third-order valence-electron chi connectivity index (χ3n) is 5.90. The minimum absolute atomic E-state index is 0.00845. The van der Waals surface area contributed by atoms with Crippen LogP contribution in [0.3, 0.4) is 0 Å². The molecule has 31 heavy (non-hydrogen) atoms. The molecular weight excluding hydrogens is 432 g/mol. The fraction of sp³-hybridized carbons (Fsp3) is 0.696. The molecule has 0 heterocycles. The number of ether oxygens (including phenoxy) is 1. The second-order valence-corrected chi connectivity index (χ2v) is 12.6. The number of amides is 1. The smallest absolute Gasteiger partial charge is 0.407 e. The van der Waals surface area contributed by atoms with Crippen molar-refractivity contribution in [1.82, 2.24) is 10.2 Å². The van der Waals surface area contributed by atoms with Crippen molar-refractivity contribution in [2.75, 3.05) is 19.1 Å². The molecular formula is C23H38N2O4S2. The van der Waals surface area contributed by atoms with E-state index in [-0.39, 0.29) is 23.8 Å². The quantitative estimate of drug-likeness (QED) is 0.588. The van der Waals surface area contributed by atoms with Crippen molar-refractivity contribution in [2.24, 2.45) is 5.92 Å². The number of carbonyl (C=O) groups is 1. The molecule has 0 bridgehead atoms. The summed E-state index contributed by atoms with van der Waals surface area (Å²) in [7, 11) is -1.39. The molecule has 3 atom stereocenters. The topological polar surface area (TPSA) is 75.7 Å². The van der Waals surface area contributed by atoms with Crippen LogP contribution in [0.15, 0.2) is 34.1 Å². The van der Waals surface area contributed by atoms with Crippen LogP contribution in [0.25, 0.3) is 0 Å². The number of nitrogens with zero attached hydrogens (tertiary/aromatic N) is 1. The van der Waals surface area contributed by atoms with Crippen molar-refractivity contribution in [3.63, 3.8) is 0 Å². The number of benzene rings is 1. The molecule has 1 aromatic carbocycles. The van der Waals surface area contributed by atoms with Gasteiger partial charge in [0.05, 0.1) is 10.6 Å². The molecule has 1 saturated carbocycles. The summed E-state index contributed by atoms with van der Waals surface area (Å²) in [6, 6.07) is 7.46. The van der Waals surface area contributed by atoms with Crippen molar-refractivity contribution in [3.8, 4) is 0 Å². The Hall–Kier alpha value is -1.25. The number of hydrogen-bond acceptors (Lipinski definition) is 6. The van der Waals surface area contributed by atoms with Gasteiger partial charge in [-0.3, -0.25) is 0 Å². The highest BCUT2D eigenvalue weighted by atomic mass is 32.2. The molecule has 2 rings (SSSR count). The molecule has 1 aliphatic carbocycles. The zero-order valence-electron chi connectivity index (χ0n) is 19.8. The summed E-state index contributed by atoms with van der Waals surface area (Å²) < 4.78 is 31.8. The second-order valence-electron chi connectivity index (χ2n) is 9.70. The van der Waals surface area contributed by atoms with E-state index in [1.54, 1.807) is 23.9 Å². The van der Waals surface area contributed by atoms with E-state index < -0.39 is 21.5 Å². The first-order valence-corrected chi connectivity index (χ1v) is 13.8. The summed E-state index contributed by atoms with van der Waals surface area (Å²) in [6.07, 6.45) is 3.83. The molecule has 0 saturated heterocycles. The molecule has 0 aromatic heterocycles. The SMILES string of the molecule is CSc1ccc(S(=O)(=O)C[C@@H]2C[C@H](N(C)C(C)C)CC[C@@H]2NC(=O)OC(C)(C)C)cc1. The largest absolute Gasteiger partial charge is 0.444 e. The summed E-state index contributed by atoms with van der Waals surface area (Å²) >= 11 is 1.58. The monoisotopic (exact) mass is 470 g/mol. The second kappa shape index (κ2) is 10.6. The maximum absolute atomic E-state index is 13.2. The molecule has 176 valence electrons. The Morgan fingerprint density at radius 3 is 2.35 bits per heavy atom. The molecule has 0 unspecified atom stereocenters. The highest BCUT2D eigenvalue weighted by Gasteiger charge is 2.37. The highest BCUT2D eigenvalue weighted by Crippen LogP contribution is 2.32. The van der Waals surface area contributed by atoms with E-state index in [1.807, 2.05) is 39.2 Å². The van der Waals surface area contributed by atoms with E-state index in [4.69, 9.17) is 4.74 Å². The predicted molar refractivity (Wildman–Crippen MR) is 127 cm³/mol. The van der Waals surface area contributed by atoms with Crippen molar-refractivity contribution in [3.05, 3.63) is 24.3 Å². The summed E-state index contributed by atoms with van der Waals surface area (Å²) in [5.41, 5.74) is -0.597. The summed E-state index contributed by atoms with van der Waals surface area (Å²) in [5.74, 6) is -0.174. The van der Waals surface area contributed by atoms with Crippen LogP contribution >= 0.6 is 11.8 Å². The van der Waals surface area contributed by atoms with Crippen LogP contribution in [-0.4, -0.2) is 62.2 Å². The molecule has 8 heteroatoms. The molecule has 1 N–H and O–H groups in total. The molecule has 1 aliphatic rings. The lowest BCUT2D eigenvalue weighted by molar-refractivity contribution is 0.0438. The van der Waals surface area contributed by atoms with Crippen LogP contribution in [0, 0.1) is 5.92 Å². The van der Waals surface area contributed by atoms with Gasteiger partial charge >= 0.3 is 6.09 Å². The fourth-order valence-electron chi connectivity index (χ4n) is 4.03. The standard InChI is InChI=1S/C23H38N2O4S2/c1-16(2)25(6)18-8-13-21(24-22(26)29-23(3,4)5)17(14-18)15-31(27,28)20-11-9-19(30-7)10-12-20/h9-12,16-18,21H,8,13-15H2,1-7H3,(H,24,26)/t17-,18+,21-/m0/s1. The Bertz CT molecular complexity index is 832. The Morgan fingerprint density at radius 2 is 1.84 bits per heavy atom. The predicted octanol–water partition coefficient (Wildman–Crippen LogP) is 4.58. The van der Waals surface area contributed by atoms with Gasteiger partial charge in [-0.25, -0.2) is 13.2 Å². The Labute approximate surface area is 192 Å². The molecule has 6 nitrogen and oxygen atoms in total. The van der Waals surface area contributed by atoms with Gasteiger partial charge in [0.1, 0.15) is 5.60 Å². The Morgan fingerprint density at radius 1 is 1.23 bits per heavy atom. The first-order chi connectivity index (χ1) is 14.3. The fourth-order valence-corrected chi connectivity index (χ4v) is 6.11. The van der Waals surface area contributed by atoms with Crippen LogP contribution < -0.4 is 5.32 Å². The van der Waals surface area contributed by atoms with Crippen molar-refractivity contribution in [1.29, 1.82) is 0 Å². The highest BCUT2D eigenvalue weighted by molar-refractivity contribution is 7.98. The van der Waals surface area contributed by atoms with Crippen molar-refractivity contribution < 1.29 is 17.9 Å². The minimum Gasteiger partial charge on any atom is -0.444 e. The van der Waals surface area contributed by atoms with Gasteiger partial charge in [0, 0.05) is 23.0 Å². The zero-order chi connectivity index (χ0) is 23.4. The first kappa shape index (κ1) is 26.0. The van der Waals surface area contributed by atoms with E-state index in [1.165, 1.54) is 0 Å². The summed E-state index contributed by atoms with van der Waals surface area (Å²) in [4.78, 5) is 16.1.